The molecular formula is C26H33N5O2. The number of nitrogens with one attached hydrogen (secondary N) is 1. The average Bonchev–Trinajstić information content (AvgIpc) is 3.45. The highest BCUT2D eigenvalue weighted by Crippen LogP contribution is 2.43. The van der Waals surface area contributed by atoms with E-state index in [1.807, 2.05) is 17.0 Å². The molecule has 2 aromatic rings. The number of anilines is 1. The summed E-state index contributed by atoms with van der Waals surface area (Å²) in [5, 5.41) is 3.05. The second-order valence-electron chi connectivity index (χ2n) is 10.9. The number of nitrogens with zero attached hydrogens (tertiary/aromatic N) is 3. The fraction of sp³-hybridized carbons (Fsp3) is 0.500. The minimum absolute atomic E-state index is 0.0220. The molecule has 2 fully saturated rings. The fourth-order valence-corrected chi connectivity index (χ4v) is 6.08. The van der Waals surface area contributed by atoms with Crippen LogP contribution in [0.3, 0.4) is 0 Å². The predicted molar refractivity (Wildman–Crippen MR) is 129 cm³/mol. The van der Waals surface area contributed by atoms with Crippen molar-refractivity contribution in [1.29, 1.82) is 0 Å². The van der Waals surface area contributed by atoms with E-state index in [0.717, 1.165) is 55.7 Å². The zero-order valence-corrected chi connectivity index (χ0v) is 19.7. The number of hydrogen-bond acceptors (Lipinski definition) is 4. The standard InChI is InChI=1S/C26H33N5O2/c1-15(27)22-10-21(23-11-26(3,4)14-31(22)23)17-5-6-28-24(9-17)29-25(33)18-7-19-12-30(16(2)32)13-20(19)8-18/h5-6,9-10,18-20H,1,7-8,11-14,27H2,2-4H3,(H,28,29,33)/t18-,19+,20-. The molecule has 1 saturated carbocycles. The summed E-state index contributed by atoms with van der Waals surface area (Å²) in [5.41, 5.74) is 11.2. The van der Waals surface area contributed by atoms with Crippen LogP contribution in [0, 0.1) is 23.2 Å². The summed E-state index contributed by atoms with van der Waals surface area (Å²) in [6.07, 6.45) is 4.38. The minimum Gasteiger partial charge on any atom is -0.398 e. The molecule has 7 nitrogen and oxygen atoms in total. The summed E-state index contributed by atoms with van der Waals surface area (Å²) in [7, 11) is 0. The van der Waals surface area contributed by atoms with Gasteiger partial charge in [-0.2, -0.15) is 0 Å². The Kier molecular flexibility index (Phi) is 5.10. The third-order valence-electron chi connectivity index (χ3n) is 7.66. The third kappa shape index (κ3) is 3.94. The van der Waals surface area contributed by atoms with E-state index in [0.29, 0.717) is 23.4 Å². The number of hydrogen-bond donors (Lipinski definition) is 2. The van der Waals surface area contributed by atoms with Crippen LogP contribution in [0.15, 0.2) is 31.0 Å². The van der Waals surface area contributed by atoms with Gasteiger partial charge < -0.3 is 20.5 Å². The highest BCUT2D eigenvalue weighted by molar-refractivity contribution is 5.92. The van der Waals surface area contributed by atoms with Crippen LogP contribution in [0.4, 0.5) is 5.82 Å². The van der Waals surface area contributed by atoms with E-state index in [9.17, 15) is 9.59 Å². The van der Waals surface area contributed by atoms with E-state index in [2.05, 4.69) is 41.4 Å². The van der Waals surface area contributed by atoms with Crippen molar-refractivity contribution in [2.24, 2.45) is 28.9 Å². The number of pyridine rings is 1. The van der Waals surface area contributed by atoms with Gasteiger partial charge >= 0.3 is 0 Å². The number of nitrogens with two attached hydrogens (primary N) is 1. The SMILES string of the molecule is C=C(N)c1cc(-c2ccnc(NC(=O)[C@H]3C[C@@H]4CN(C(C)=O)C[C@@H]4C3)c2)c2n1CC(C)(C)C2. The zero-order chi connectivity index (χ0) is 23.5. The lowest BCUT2D eigenvalue weighted by Gasteiger charge is -2.17. The number of carbonyl (C=O) groups excluding carboxylic acids is 2. The second-order valence-corrected chi connectivity index (χ2v) is 10.9. The Hall–Kier alpha value is -3.09. The van der Waals surface area contributed by atoms with E-state index in [1.165, 1.54) is 5.69 Å². The van der Waals surface area contributed by atoms with Gasteiger partial charge in [-0.25, -0.2) is 4.98 Å². The lowest BCUT2D eigenvalue weighted by molar-refractivity contribution is -0.128. The molecule has 1 aliphatic carbocycles. The molecule has 0 bridgehead atoms. The number of carbonyl (C=O) groups is 2. The first-order chi connectivity index (χ1) is 15.6. The summed E-state index contributed by atoms with van der Waals surface area (Å²) in [4.78, 5) is 31.0. The van der Waals surface area contributed by atoms with Gasteiger partial charge in [0.1, 0.15) is 5.82 Å². The first-order valence-corrected chi connectivity index (χ1v) is 11.8. The molecule has 0 spiro atoms. The number of likely N-dealkylation sites (tertiary alicyclic amines) is 1. The quantitative estimate of drug-likeness (QED) is 0.750. The predicted octanol–water partition coefficient (Wildman–Crippen LogP) is 3.50. The van der Waals surface area contributed by atoms with Crippen LogP contribution in [-0.4, -0.2) is 39.4 Å². The smallest absolute Gasteiger partial charge is 0.228 e. The molecule has 2 aliphatic heterocycles. The normalized spacial score (nSPS) is 25.1. The second kappa shape index (κ2) is 7.75. The molecule has 7 heteroatoms. The zero-order valence-electron chi connectivity index (χ0n) is 19.7. The molecule has 4 heterocycles. The lowest BCUT2D eigenvalue weighted by Crippen LogP contribution is -2.29. The van der Waals surface area contributed by atoms with E-state index < -0.39 is 0 Å². The number of rotatable bonds is 4. The van der Waals surface area contributed by atoms with Gasteiger partial charge in [0.15, 0.2) is 0 Å². The van der Waals surface area contributed by atoms with Crippen molar-refractivity contribution < 1.29 is 9.59 Å². The Labute approximate surface area is 195 Å². The van der Waals surface area contributed by atoms with Gasteiger partial charge in [-0.15, -0.1) is 0 Å². The van der Waals surface area contributed by atoms with Crippen LogP contribution >= 0.6 is 0 Å². The Balaban J connectivity index is 1.32. The number of fused-ring (bicyclic) bond motifs is 2. The van der Waals surface area contributed by atoms with E-state index in [1.54, 1.807) is 13.1 Å². The molecule has 3 aliphatic rings. The average molecular weight is 448 g/mol. The van der Waals surface area contributed by atoms with Gasteiger partial charge in [0.25, 0.3) is 0 Å². The van der Waals surface area contributed by atoms with Crippen LogP contribution in [0.25, 0.3) is 16.8 Å². The van der Waals surface area contributed by atoms with Crippen LogP contribution in [0.1, 0.15) is 45.0 Å². The largest absolute Gasteiger partial charge is 0.398 e. The summed E-state index contributed by atoms with van der Waals surface area (Å²) in [5.74, 6) is 1.57. The molecule has 2 amide bonds. The highest BCUT2D eigenvalue weighted by Gasteiger charge is 2.44. The monoisotopic (exact) mass is 447 g/mol. The molecule has 2 aromatic heterocycles. The lowest BCUT2D eigenvalue weighted by atomic mass is 9.89. The summed E-state index contributed by atoms with van der Waals surface area (Å²) in [6, 6.07) is 6.04. The van der Waals surface area contributed by atoms with Gasteiger partial charge in [0.2, 0.25) is 11.8 Å². The van der Waals surface area contributed by atoms with Gasteiger partial charge in [-0.05, 0) is 60.3 Å². The molecular weight excluding hydrogens is 414 g/mol. The Morgan fingerprint density at radius 1 is 1.21 bits per heavy atom. The van der Waals surface area contributed by atoms with Crippen molar-refractivity contribution in [3.63, 3.8) is 0 Å². The molecule has 3 atom stereocenters. The van der Waals surface area contributed by atoms with Crippen LogP contribution in [0.5, 0.6) is 0 Å². The van der Waals surface area contributed by atoms with E-state index in [4.69, 9.17) is 5.73 Å². The molecule has 1 saturated heterocycles. The van der Waals surface area contributed by atoms with Gasteiger partial charge in [-0.3, -0.25) is 9.59 Å². The van der Waals surface area contributed by atoms with Gasteiger partial charge in [0.05, 0.1) is 5.69 Å². The molecule has 33 heavy (non-hydrogen) atoms. The van der Waals surface area contributed by atoms with Crippen LogP contribution < -0.4 is 11.1 Å². The highest BCUT2D eigenvalue weighted by atomic mass is 16.2. The topological polar surface area (TPSA) is 93.2 Å². The van der Waals surface area contributed by atoms with E-state index in [-0.39, 0.29) is 23.1 Å². The van der Waals surface area contributed by atoms with Crippen LogP contribution in [0.2, 0.25) is 0 Å². The van der Waals surface area contributed by atoms with Crippen molar-refractivity contribution >= 4 is 23.3 Å². The molecule has 0 unspecified atom stereocenters. The molecule has 174 valence electrons. The van der Waals surface area contributed by atoms with Crippen molar-refractivity contribution in [2.45, 2.75) is 46.6 Å². The van der Waals surface area contributed by atoms with Crippen molar-refractivity contribution in [3.05, 3.63) is 42.4 Å². The number of aromatic nitrogens is 2. The van der Waals surface area contributed by atoms with Crippen molar-refractivity contribution in [3.8, 4) is 11.1 Å². The summed E-state index contributed by atoms with van der Waals surface area (Å²) < 4.78 is 2.28. The Bertz CT molecular complexity index is 1130. The maximum absolute atomic E-state index is 13.0. The van der Waals surface area contributed by atoms with Crippen molar-refractivity contribution in [1.82, 2.24) is 14.5 Å². The third-order valence-corrected chi connectivity index (χ3v) is 7.66. The molecule has 0 aromatic carbocycles. The van der Waals surface area contributed by atoms with Crippen molar-refractivity contribution in [2.75, 3.05) is 18.4 Å². The Morgan fingerprint density at radius 3 is 2.55 bits per heavy atom. The van der Waals surface area contributed by atoms with Crippen LogP contribution in [-0.2, 0) is 22.6 Å². The van der Waals surface area contributed by atoms with E-state index >= 15 is 0 Å². The minimum atomic E-state index is -0.0220. The molecule has 5 rings (SSSR count). The Morgan fingerprint density at radius 2 is 1.91 bits per heavy atom. The van der Waals surface area contributed by atoms with Gasteiger partial charge in [0, 0.05) is 55.6 Å². The summed E-state index contributed by atoms with van der Waals surface area (Å²) in [6.45, 7) is 12.6. The number of amides is 2. The fourth-order valence-electron chi connectivity index (χ4n) is 6.08. The first kappa shape index (κ1) is 21.7. The first-order valence-electron chi connectivity index (χ1n) is 11.8. The molecule has 0 radical (unpaired) electrons. The maximum atomic E-state index is 13.0. The summed E-state index contributed by atoms with van der Waals surface area (Å²) >= 11 is 0. The molecule has 3 N–H and O–H groups in total. The maximum Gasteiger partial charge on any atom is 0.228 e. The van der Waals surface area contributed by atoms with Gasteiger partial charge in [-0.1, -0.05) is 20.4 Å².